The van der Waals surface area contributed by atoms with Gasteiger partial charge >= 0.3 is 0 Å². The smallest absolute Gasteiger partial charge is 0.0513 e. The topological polar surface area (TPSA) is 25.2 Å². The van der Waals surface area contributed by atoms with Gasteiger partial charge in [0.1, 0.15) is 0 Å². The molecule has 0 bridgehead atoms. The van der Waals surface area contributed by atoms with Crippen LogP contribution in [0.5, 0.6) is 0 Å². The van der Waals surface area contributed by atoms with Crippen LogP contribution in [0.4, 0.5) is 0 Å². The number of hydrogen-bond donors (Lipinski definition) is 0. The van der Waals surface area contributed by atoms with Gasteiger partial charge in [-0.15, -0.1) is 0 Å². The van der Waals surface area contributed by atoms with Crippen molar-refractivity contribution in [2.45, 2.75) is 44.4 Å². The quantitative estimate of drug-likeness (QED) is 0.705. The van der Waals surface area contributed by atoms with Gasteiger partial charge in [0.25, 0.3) is 0 Å². The summed E-state index contributed by atoms with van der Waals surface area (Å²) in [7, 11) is 0. The fourth-order valence-electron chi connectivity index (χ4n) is 2.81. The van der Waals surface area contributed by atoms with Crippen molar-refractivity contribution in [1.29, 1.82) is 0 Å². The van der Waals surface area contributed by atoms with Gasteiger partial charge in [0.05, 0.1) is 5.69 Å². The zero-order valence-electron chi connectivity index (χ0n) is 9.65. The van der Waals surface area contributed by atoms with Crippen LogP contribution in [0, 0.1) is 0 Å². The standard InChI is InChI=1S/C14H18N2/c1-2-4-11(5-3-1)13-7-6-12-10-15-9-8-14(12)16-13/h6-7,10-11H,1-5,8-9H2. The number of aromatic nitrogens is 1. The SMILES string of the molecule is C1=NCCc2nc(C3CCCCC3)ccc21. The zero-order valence-corrected chi connectivity index (χ0v) is 9.65. The van der Waals surface area contributed by atoms with Gasteiger partial charge in [0, 0.05) is 36.4 Å². The first kappa shape index (κ1) is 10.0. The van der Waals surface area contributed by atoms with Crippen molar-refractivity contribution >= 4 is 6.21 Å². The molecule has 2 nitrogen and oxygen atoms in total. The van der Waals surface area contributed by atoms with Crippen molar-refractivity contribution in [3.63, 3.8) is 0 Å². The first-order valence-electron chi connectivity index (χ1n) is 6.43. The maximum Gasteiger partial charge on any atom is 0.0513 e. The van der Waals surface area contributed by atoms with Crippen LogP contribution in [0.1, 0.15) is 55.0 Å². The van der Waals surface area contributed by atoms with E-state index in [1.807, 2.05) is 6.21 Å². The summed E-state index contributed by atoms with van der Waals surface area (Å²) in [6, 6.07) is 4.42. The highest BCUT2D eigenvalue weighted by atomic mass is 14.8. The number of hydrogen-bond acceptors (Lipinski definition) is 2. The van der Waals surface area contributed by atoms with Crippen LogP contribution >= 0.6 is 0 Å². The Morgan fingerprint density at radius 3 is 2.81 bits per heavy atom. The molecule has 0 spiro atoms. The van der Waals surface area contributed by atoms with Crippen molar-refractivity contribution in [2.75, 3.05) is 6.54 Å². The molecule has 1 aromatic heterocycles. The molecule has 1 aliphatic heterocycles. The Kier molecular flexibility index (Phi) is 2.73. The first-order chi connectivity index (χ1) is 7.93. The minimum atomic E-state index is 0.720. The molecule has 1 aliphatic carbocycles. The van der Waals surface area contributed by atoms with Crippen molar-refractivity contribution in [1.82, 2.24) is 4.98 Å². The molecule has 2 heteroatoms. The van der Waals surface area contributed by atoms with Gasteiger partial charge in [-0.05, 0) is 25.0 Å². The van der Waals surface area contributed by atoms with E-state index in [1.54, 1.807) is 0 Å². The average Bonchev–Trinajstić information content (AvgIpc) is 2.39. The second kappa shape index (κ2) is 4.36. The summed E-state index contributed by atoms with van der Waals surface area (Å²) < 4.78 is 0. The predicted molar refractivity (Wildman–Crippen MR) is 66.2 cm³/mol. The van der Waals surface area contributed by atoms with Crippen molar-refractivity contribution in [3.05, 3.63) is 29.1 Å². The van der Waals surface area contributed by atoms with Crippen LogP contribution in [0.15, 0.2) is 17.1 Å². The Balaban J connectivity index is 1.87. The lowest BCUT2D eigenvalue weighted by molar-refractivity contribution is 0.436. The lowest BCUT2D eigenvalue weighted by Gasteiger charge is -2.22. The second-order valence-corrected chi connectivity index (χ2v) is 4.89. The van der Waals surface area contributed by atoms with Crippen molar-refractivity contribution in [3.8, 4) is 0 Å². The van der Waals surface area contributed by atoms with E-state index in [1.165, 1.54) is 49.1 Å². The molecule has 0 radical (unpaired) electrons. The molecule has 3 rings (SSSR count). The summed E-state index contributed by atoms with van der Waals surface area (Å²) in [5.41, 5.74) is 3.82. The molecule has 1 saturated carbocycles. The maximum absolute atomic E-state index is 4.85. The molecule has 1 aromatic rings. The Labute approximate surface area is 96.8 Å². The highest BCUT2D eigenvalue weighted by molar-refractivity contribution is 5.82. The summed E-state index contributed by atoms with van der Waals surface area (Å²) >= 11 is 0. The third-order valence-electron chi connectivity index (χ3n) is 3.76. The van der Waals surface area contributed by atoms with Crippen molar-refractivity contribution < 1.29 is 0 Å². The highest BCUT2D eigenvalue weighted by Crippen LogP contribution is 2.32. The third-order valence-corrected chi connectivity index (χ3v) is 3.76. The fraction of sp³-hybridized carbons (Fsp3) is 0.571. The molecule has 2 heterocycles. The van der Waals surface area contributed by atoms with E-state index in [-0.39, 0.29) is 0 Å². The predicted octanol–water partition coefficient (Wildman–Crippen LogP) is 3.10. The van der Waals surface area contributed by atoms with Crippen LogP contribution in [-0.4, -0.2) is 17.7 Å². The fourth-order valence-corrected chi connectivity index (χ4v) is 2.81. The van der Waals surface area contributed by atoms with Crippen LogP contribution in [0.2, 0.25) is 0 Å². The summed E-state index contributed by atoms with van der Waals surface area (Å²) in [5.74, 6) is 0.720. The van der Waals surface area contributed by atoms with Gasteiger partial charge in [0.15, 0.2) is 0 Å². The zero-order chi connectivity index (χ0) is 10.8. The summed E-state index contributed by atoms with van der Waals surface area (Å²) in [5, 5.41) is 0. The Bertz CT molecular complexity index is 403. The summed E-state index contributed by atoms with van der Waals surface area (Å²) in [4.78, 5) is 9.14. The lowest BCUT2D eigenvalue weighted by Crippen LogP contribution is -2.11. The van der Waals surface area contributed by atoms with E-state index in [2.05, 4.69) is 17.1 Å². The van der Waals surface area contributed by atoms with E-state index in [0.717, 1.165) is 18.9 Å². The van der Waals surface area contributed by atoms with Crippen LogP contribution in [0.25, 0.3) is 0 Å². The van der Waals surface area contributed by atoms with E-state index >= 15 is 0 Å². The average molecular weight is 214 g/mol. The molecule has 0 N–H and O–H groups in total. The second-order valence-electron chi connectivity index (χ2n) is 4.89. The molecular formula is C14H18N2. The molecule has 16 heavy (non-hydrogen) atoms. The van der Waals surface area contributed by atoms with Crippen LogP contribution < -0.4 is 0 Å². The van der Waals surface area contributed by atoms with Gasteiger partial charge in [-0.1, -0.05) is 19.3 Å². The number of rotatable bonds is 1. The molecule has 2 aliphatic rings. The molecule has 0 aromatic carbocycles. The molecule has 0 unspecified atom stereocenters. The number of aliphatic imine (C=N–C) groups is 1. The number of nitrogens with zero attached hydrogens (tertiary/aromatic N) is 2. The Morgan fingerprint density at radius 2 is 1.94 bits per heavy atom. The lowest BCUT2D eigenvalue weighted by atomic mass is 9.86. The minimum Gasteiger partial charge on any atom is -0.292 e. The van der Waals surface area contributed by atoms with Gasteiger partial charge < -0.3 is 0 Å². The van der Waals surface area contributed by atoms with E-state index in [0.29, 0.717) is 0 Å². The van der Waals surface area contributed by atoms with Gasteiger partial charge in [-0.25, -0.2) is 0 Å². The molecule has 84 valence electrons. The number of pyridine rings is 1. The molecule has 0 atom stereocenters. The van der Waals surface area contributed by atoms with Gasteiger partial charge in [-0.2, -0.15) is 0 Å². The summed E-state index contributed by atoms with van der Waals surface area (Å²) in [6.07, 6.45) is 9.83. The Morgan fingerprint density at radius 1 is 1.06 bits per heavy atom. The third kappa shape index (κ3) is 1.89. The number of fused-ring (bicyclic) bond motifs is 1. The van der Waals surface area contributed by atoms with Gasteiger partial charge in [-0.3, -0.25) is 9.98 Å². The molecule has 1 fully saturated rings. The van der Waals surface area contributed by atoms with E-state index in [9.17, 15) is 0 Å². The minimum absolute atomic E-state index is 0.720. The monoisotopic (exact) mass is 214 g/mol. The molecule has 0 saturated heterocycles. The van der Waals surface area contributed by atoms with E-state index < -0.39 is 0 Å². The molecular weight excluding hydrogens is 196 g/mol. The Hall–Kier alpha value is -1.18. The van der Waals surface area contributed by atoms with Crippen LogP contribution in [-0.2, 0) is 6.42 Å². The first-order valence-corrected chi connectivity index (χ1v) is 6.43. The maximum atomic E-state index is 4.85. The summed E-state index contributed by atoms with van der Waals surface area (Å²) in [6.45, 7) is 0.911. The largest absolute Gasteiger partial charge is 0.292 e. The van der Waals surface area contributed by atoms with Crippen molar-refractivity contribution in [2.24, 2.45) is 4.99 Å². The van der Waals surface area contributed by atoms with Gasteiger partial charge in [0.2, 0.25) is 0 Å². The van der Waals surface area contributed by atoms with Crippen LogP contribution in [0.3, 0.4) is 0 Å². The van der Waals surface area contributed by atoms with E-state index in [4.69, 9.17) is 4.98 Å². The normalized spacial score (nSPS) is 20.8. The molecule has 0 amide bonds. The highest BCUT2D eigenvalue weighted by Gasteiger charge is 2.18.